The Labute approximate surface area is 103 Å². The third-order valence-corrected chi connectivity index (χ3v) is 3.46. The van der Waals surface area contributed by atoms with Crippen LogP contribution in [0.3, 0.4) is 0 Å². The van der Waals surface area contributed by atoms with Gasteiger partial charge in [-0.15, -0.1) is 6.42 Å². The Balaban J connectivity index is 2.29. The van der Waals surface area contributed by atoms with Crippen molar-refractivity contribution in [3.63, 3.8) is 0 Å². The van der Waals surface area contributed by atoms with Gasteiger partial charge in [-0.05, 0) is 45.3 Å². The lowest BCUT2D eigenvalue weighted by atomic mass is 9.79. The monoisotopic (exact) mass is 229 g/mol. The molecule has 1 aromatic heterocycles. The number of aromatic nitrogens is 1. The van der Waals surface area contributed by atoms with E-state index in [9.17, 15) is 0 Å². The number of pyridine rings is 1. The van der Waals surface area contributed by atoms with Crippen LogP contribution in [0.4, 0.5) is 0 Å². The summed E-state index contributed by atoms with van der Waals surface area (Å²) >= 11 is 0. The van der Waals surface area contributed by atoms with Gasteiger partial charge in [0.15, 0.2) is 0 Å². The zero-order valence-corrected chi connectivity index (χ0v) is 10.7. The van der Waals surface area contributed by atoms with Crippen LogP contribution in [0.5, 0.6) is 0 Å². The maximum Gasteiger partial charge on any atom is 0.494 e. The first-order valence-corrected chi connectivity index (χ1v) is 5.64. The lowest BCUT2D eigenvalue weighted by molar-refractivity contribution is 0.00578. The normalized spacial score (nSPS) is 21.2. The van der Waals surface area contributed by atoms with Crippen molar-refractivity contribution in [3.05, 3.63) is 24.0 Å². The van der Waals surface area contributed by atoms with Gasteiger partial charge in [0.1, 0.15) is 5.69 Å². The molecule has 0 saturated carbocycles. The van der Waals surface area contributed by atoms with Crippen LogP contribution >= 0.6 is 0 Å². The minimum atomic E-state index is -0.380. The van der Waals surface area contributed by atoms with Crippen molar-refractivity contribution < 1.29 is 9.31 Å². The molecule has 0 spiro atoms. The van der Waals surface area contributed by atoms with Crippen molar-refractivity contribution in [2.45, 2.75) is 38.9 Å². The van der Waals surface area contributed by atoms with Gasteiger partial charge in [-0.1, -0.05) is 5.92 Å². The zero-order chi connectivity index (χ0) is 12.7. The molecular weight excluding hydrogens is 213 g/mol. The first-order valence-electron chi connectivity index (χ1n) is 5.64. The standard InChI is InChI=1S/C13H16BNO2/c1-6-11-9-10(7-8-15-11)14-16-12(2,3)13(4,5)17-14/h1,7-9H,2-5H3. The van der Waals surface area contributed by atoms with Gasteiger partial charge in [0, 0.05) is 6.20 Å². The summed E-state index contributed by atoms with van der Waals surface area (Å²) in [6.45, 7) is 8.10. The summed E-state index contributed by atoms with van der Waals surface area (Å²) in [5.74, 6) is 2.51. The molecule has 0 atom stereocenters. The molecule has 4 heteroatoms. The summed E-state index contributed by atoms with van der Waals surface area (Å²) < 4.78 is 11.9. The molecule has 0 N–H and O–H groups in total. The topological polar surface area (TPSA) is 31.4 Å². The summed E-state index contributed by atoms with van der Waals surface area (Å²) in [4.78, 5) is 4.05. The summed E-state index contributed by atoms with van der Waals surface area (Å²) in [6, 6.07) is 3.69. The molecule has 0 aromatic carbocycles. The molecular formula is C13H16BNO2. The maximum atomic E-state index is 5.93. The van der Waals surface area contributed by atoms with Crippen LogP contribution in [-0.2, 0) is 9.31 Å². The van der Waals surface area contributed by atoms with E-state index < -0.39 is 0 Å². The molecule has 3 nitrogen and oxygen atoms in total. The molecule has 1 saturated heterocycles. The third-order valence-electron chi connectivity index (χ3n) is 3.46. The van der Waals surface area contributed by atoms with E-state index in [0.29, 0.717) is 5.69 Å². The maximum absolute atomic E-state index is 5.93. The summed E-state index contributed by atoms with van der Waals surface area (Å²) in [5.41, 5.74) is 0.831. The van der Waals surface area contributed by atoms with E-state index in [2.05, 4.69) is 10.9 Å². The molecule has 0 bridgehead atoms. The fourth-order valence-electron chi connectivity index (χ4n) is 1.65. The second-order valence-electron chi connectivity index (χ2n) is 5.21. The number of rotatable bonds is 1. The third kappa shape index (κ3) is 2.09. The molecule has 1 fully saturated rings. The van der Waals surface area contributed by atoms with E-state index in [1.54, 1.807) is 6.20 Å². The molecule has 0 aliphatic carbocycles. The van der Waals surface area contributed by atoms with E-state index >= 15 is 0 Å². The Morgan fingerprint density at radius 1 is 1.24 bits per heavy atom. The van der Waals surface area contributed by atoms with E-state index in [0.717, 1.165) is 5.46 Å². The second-order valence-corrected chi connectivity index (χ2v) is 5.21. The molecule has 17 heavy (non-hydrogen) atoms. The predicted molar refractivity (Wildman–Crippen MR) is 67.9 cm³/mol. The van der Waals surface area contributed by atoms with Crippen molar-refractivity contribution >= 4 is 12.6 Å². The number of hydrogen-bond acceptors (Lipinski definition) is 3. The van der Waals surface area contributed by atoms with Crippen LogP contribution in [0.1, 0.15) is 33.4 Å². The summed E-state index contributed by atoms with van der Waals surface area (Å²) in [7, 11) is -0.380. The highest BCUT2D eigenvalue weighted by Crippen LogP contribution is 2.36. The van der Waals surface area contributed by atoms with Crippen LogP contribution in [0.25, 0.3) is 0 Å². The minimum Gasteiger partial charge on any atom is -0.399 e. The largest absolute Gasteiger partial charge is 0.494 e. The fourth-order valence-corrected chi connectivity index (χ4v) is 1.65. The minimum absolute atomic E-state index is 0.336. The zero-order valence-electron chi connectivity index (χ0n) is 10.7. The van der Waals surface area contributed by atoms with Crippen LogP contribution in [0.15, 0.2) is 18.3 Å². The van der Waals surface area contributed by atoms with E-state index in [1.807, 2.05) is 39.8 Å². The van der Waals surface area contributed by atoms with Crippen molar-refractivity contribution in [1.29, 1.82) is 0 Å². The highest BCUT2D eigenvalue weighted by Gasteiger charge is 2.51. The smallest absolute Gasteiger partial charge is 0.399 e. The molecule has 2 heterocycles. The first-order chi connectivity index (χ1) is 7.86. The van der Waals surface area contributed by atoms with E-state index in [4.69, 9.17) is 15.7 Å². The van der Waals surface area contributed by atoms with Crippen molar-refractivity contribution in [2.24, 2.45) is 0 Å². The lowest BCUT2D eigenvalue weighted by Gasteiger charge is -2.32. The van der Waals surface area contributed by atoms with Crippen molar-refractivity contribution in [1.82, 2.24) is 4.98 Å². The Bertz CT molecular complexity index is 461. The molecule has 2 rings (SSSR count). The first kappa shape index (κ1) is 12.2. The van der Waals surface area contributed by atoms with Gasteiger partial charge in [0.05, 0.1) is 11.2 Å². The summed E-state index contributed by atoms with van der Waals surface area (Å²) in [5, 5.41) is 0. The Kier molecular flexibility index (Phi) is 2.77. The van der Waals surface area contributed by atoms with Gasteiger partial charge in [-0.25, -0.2) is 4.98 Å². The SMILES string of the molecule is C#Cc1cc(B2OC(C)(C)C(C)(C)O2)ccn1. The molecule has 1 aliphatic rings. The van der Waals surface area contributed by atoms with Gasteiger partial charge in [0.25, 0.3) is 0 Å². The second kappa shape index (κ2) is 3.87. The molecule has 0 unspecified atom stereocenters. The van der Waals surface area contributed by atoms with Crippen molar-refractivity contribution in [3.8, 4) is 12.3 Å². The van der Waals surface area contributed by atoms with Crippen LogP contribution in [-0.4, -0.2) is 23.3 Å². The number of hydrogen-bond donors (Lipinski definition) is 0. The van der Waals surface area contributed by atoms with Gasteiger partial charge < -0.3 is 9.31 Å². The van der Waals surface area contributed by atoms with Crippen molar-refractivity contribution in [2.75, 3.05) is 0 Å². The highest BCUT2D eigenvalue weighted by atomic mass is 16.7. The van der Waals surface area contributed by atoms with E-state index in [-0.39, 0.29) is 18.3 Å². The average molecular weight is 229 g/mol. The quantitative estimate of drug-likeness (QED) is 0.538. The Morgan fingerprint density at radius 2 is 1.82 bits per heavy atom. The van der Waals surface area contributed by atoms with Gasteiger partial charge in [0.2, 0.25) is 0 Å². The number of nitrogens with zero attached hydrogens (tertiary/aromatic N) is 1. The van der Waals surface area contributed by atoms with Gasteiger partial charge in [-0.3, -0.25) is 0 Å². The predicted octanol–water partition coefficient (Wildman–Crippen LogP) is 1.36. The number of terminal acetylenes is 1. The molecule has 0 radical (unpaired) electrons. The lowest BCUT2D eigenvalue weighted by Crippen LogP contribution is -2.41. The summed E-state index contributed by atoms with van der Waals surface area (Å²) in [6.07, 6.45) is 7.01. The average Bonchev–Trinajstić information content (AvgIpc) is 2.48. The van der Waals surface area contributed by atoms with Crippen LogP contribution in [0, 0.1) is 12.3 Å². The highest BCUT2D eigenvalue weighted by molar-refractivity contribution is 6.62. The fraction of sp³-hybridized carbons (Fsp3) is 0.462. The van der Waals surface area contributed by atoms with E-state index in [1.165, 1.54) is 0 Å². The Hall–Kier alpha value is -1.31. The molecule has 88 valence electrons. The van der Waals surface area contributed by atoms with Crippen LogP contribution < -0.4 is 5.46 Å². The van der Waals surface area contributed by atoms with Crippen LogP contribution in [0.2, 0.25) is 0 Å². The molecule has 1 aromatic rings. The molecule has 0 amide bonds. The van der Waals surface area contributed by atoms with Gasteiger partial charge >= 0.3 is 7.12 Å². The van der Waals surface area contributed by atoms with Gasteiger partial charge in [-0.2, -0.15) is 0 Å². The Morgan fingerprint density at radius 3 is 2.35 bits per heavy atom. The molecule has 1 aliphatic heterocycles.